The van der Waals surface area contributed by atoms with Gasteiger partial charge in [-0.2, -0.15) is 5.10 Å². The lowest BCUT2D eigenvalue weighted by molar-refractivity contribution is 0.0696. The molecule has 0 fully saturated rings. The zero-order valence-corrected chi connectivity index (χ0v) is 17.2. The Morgan fingerprint density at radius 2 is 1.65 bits per heavy atom. The molecule has 4 rings (SSSR count). The Hall–Kier alpha value is -4.19. The summed E-state index contributed by atoms with van der Waals surface area (Å²) < 4.78 is 1.87. The van der Waals surface area contributed by atoms with Crippen molar-refractivity contribution in [2.75, 3.05) is 0 Å². The number of carboxylic acids is 1. The van der Waals surface area contributed by atoms with Gasteiger partial charge in [0.2, 0.25) is 0 Å². The third-order valence-electron chi connectivity index (χ3n) is 5.23. The van der Waals surface area contributed by atoms with E-state index in [2.05, 4.69) is 10.5 Å². The Morgan fingerprint density at radius 3 is 2.42 bits per heavy atom. The third-order valence-corrected chi connectivity index (χ3v) is 5.23. The molecular weight excluding hydrogens is 390 g/mol. The number of para-hydroxylation sites is 1. The highest BCUT2D eigenvalue weighted by Crippen LogP contribution is 2.23. The molecule has 3 aromatic carbocycles. The van der Waals surface area contributed by atoms with Crippen molar-refractivity contribution in [1.29, 1.82) is 0 Å². The summed E-state index contributed by atoms with van der Waals surface area (Å²) in [4.78, 5) is 24.1. The smallest absolute Gasteiger partial charge is 0.337 e. The zero-order valence-electron chi connectivity index (χ0n) is 17.2. The predicted molar refractivity (Wildman–Crippen MR) is 121 cm³/mol. The number of benzene rings is 3. The lowest BCUT2D eigenvalue weighted by atomic mass is 10.1. The molecule has 0 saturated carbocycles. The van der Waals surface area contributed by atoms with E-state index in [1.807, 2.05) is 60.9 Å². The van der Waals surface area contributed by atoms with Crippen molar-refractivity contribution < 1.29 is 14.7 Å². The molecule has 1 heterocycles. The maximum atomic E-state index is 12.5. The molecule has 0 aliphatic carbocycles. The second-order valence-electron chi connectivity index (χ2n) is 7.25. The fourth-order valence-corrected chi connectivity index (χ4v) is 3.69. The third kappa shape index (κ3) is 3.96. The summed E-state index contributed by atoms with van der Waals surface area (Å²) in [6.45, 7) is 3.79. The SMILES string of the molecule is Cc1cc(/C=N/NC(=O)c2ccc3ccccc3c2)c(C)n1-c1ccccc1C(=O)O. The Bertz CT molecular complexity index is 1340. The quantitative estimate of drug-likeness (QED) is 0.368. The molecule has 1 amide bonds. The predicted octanol–water partition coefficient (Wildman–Crippen LogP) is 4.71. The van der Waals surface area contributed by atoms with E-state index in [1.54, 1.807) is 36.5 Å². The van der Waals surface area contributed by atoms with Gasteiger partial charge in [0.05, 0.1) is 17.5 Å². The molecule has 6 nitrogen and oxygen atoms in total. The molecule has 0 saturated heterocycles. The number of aryl methyl sites for hydroxylation is 1. The molecule has 31 heavy (non-hydrogen) atoms. The van der Waals surface area contributed by atoms with Gasteiger partial charge in [-0.05, 0) is 55.0 Å². The topological polar surface area (TPSA) is 83.7 Å². The average Bonchev–Trinajstić information content (AvgIpc) is 3.06. The van der Waals surface area contributed by atoms with Crippen LogP contribution >= 0.6 is 0 Å². The molecule has 0 aliphatic heterocycles. The first kappa shape index (κ1) is 20.1. The van der Waals surface area contributed by atoms with E-state index in [4.69, 9.17) is 0 Å². The van der Waals surface area contributed by atoms with Gasteiger partial charge in [0, 0.05) is 22.5 Å². The number of nitrogens with zero attached hydrogens (tertiary/aromatic N) is 2. The summed E-state index contributed by atoms with van der Waals surface area (Å²) in [6, 6.07) is 22.1. The number of aromatic carboxylic acids is 1. The number of hydrogen-bond acceptors (Lipinski definition) is 3. The fraction of sp³-hybridized carbons (Fsp3) is 0.0800. The van der Waals surface area contributed by atoms with Crippen LogP contribution in [0, 0.1) is 13.8 Å². The largest absolute Gasteiger partial charge is 0.478 e. The minimum Gasteiger partial charge on any atom is -0.478 e. The van der Waals surface area contributed by atoms with Crippen LogP contribution in [0.1, 0.15) is 37.7 Å². The Kier molecular flexibility index (Phi) is 5.37. The first-order chi connectivity index (χ1) is 15.0. The Morgan fingerprint density at radius 1 is 0.935 bits per heavy atom. The minimum absolute atomic E-state index is 0.220. The number of aromatic nitrogens is 1. The molecule has 0 unspecified atom stereocenters. The van der Waals surface area contributed by atoms with Crippen LogP contribution in [-0.2, 0) is 0 Å². The number of rotatable bonds is 5. The van der Waals surface area contributed by atoms with E-state index in [0.29, 0.717) is 11.3 Å². The monoisotopic (exact) mass is 411 g/mol. The molecule has 2 N–H and O–H groups in total. The molecule has 1 aromatic heterocycles. The number of amides is 1. The van der Waals surface area contributed by atoms with E-state index in [9.17, 15) is 14.7 Å². The molecule has 0 atom stereocenters. The van der Waals surface area contributed by atoms with Crippen molar-refractivity contribution in [1.82, 2.24) is 9.99 Å². The van der Waals surface area contributed by atoms with Gasteiger partial charge < -0.3 is 9.67 Å². The number of carboxylic acid groups (broad SMARTS) is 1. The second kappa shape index (κ2) is 8.28. The van der Waals surface area contributed by atoms with Gasteiger partial charge in [-0.3, -0.25) is 4.79 Å². The Balaban J connectivity index is 1.57. The van der Waals surface area contributed by atoms with E-state index in [-0.39, 0.29) is 11.5 Å². The fourth-order valence-electron chi connectivity index (χ4n) is 3.69. The number of hydrogen-bond donors (Lipinski definition) is 2. The minimum atomic E-state index is -0.985. The molecule has 0 bridgehead atoms. The molecular formula is C25H21N3O3. The van der Waals surface area contributed by atoms with Gasteiger partial charge in [0.15, 0.2) is 0 Å². The van der Waals surface area contributed by atoms with Crippen LogP contribution < -0.4 is 5.43 Å². The summed E-state index contributed by atoms with van der Waals surface area (Å²) in [7, 11) is 0. The van der Waals surface area contributed by atoms with Gasteiger partial charge in [0.25, 0.3) is 5.91 Å². The van der Waals surface area contributed by atoms with Crippen LogP contribution in [0.4, 0.5) is 0 Å². The second-order valence-corrected chi connectivity index (χ2v) is 7.25. The first-order valence-corrected chi connectivity index (χ1v) is 9.79. The van der Waals surface area contributed by atoms with Crippen LogP contribution in [0.5, 0.6) is 0 Å². The van der Waals surface area contributed by atoms with Crippen LogP contribution in [0.3, 0.4) is 0 Å². The molecule has 0 spiro atoms. The molecule has 4 aromatic rings. The average molecular weight is 411 g/mol. The standard InChI is InChI=1S/C25H21N3O3/c1-16-13-21(17(2)28(16)23-10-6-5-9-22(23)25(30)31)15-26-27-24(29)20-12-11-18-7-3-4-8-19(18)14-20/h3-15H,1-2H3,(H,27,29)(H,30,31)/b26-15+. The lowest BCUT2D eigenvalue weighted by Gasteiger charge is -2.12. The van der Waals surface area contributed by atoms with Crippen molar-refractivity contribution in [2.45, 2.75) is 13.8 Å². The van der Waals surface area contributed by atoms with Crippen LogP contribution in [0.2, 0.25) is 0 Å². The number of fused-ring (bicyclic) bond motifs is 1. The van der Waals surface area contributed by atoms with E-state index < -0.39 is 5.97 Å². The highest BCUT2D eigenvalue weighted by molar-refractivity contribution is 5.99. The van der Waals surface area contributed by atoms with Crippen LogP contribution in [-0.4, -0.2) is 27.8 Å². The Labute approximate surface area is 179 Å². The van der Waals surface area contributed by atoms with Crippen molar-refractivity contribution in [3.05, 3.63) is 101 Å². The zero-order chi connectivity index (χ0) is 22.0. The summed E-state index contributed by atoms with van der Waals surface area (Å²) in [5.41, 5.74) is 6.38. The van der Waals surface area contributed by atoms with Gasteiger partial charge in [-0.1, -0.05) is 42.5 Å². The molecule has 154 valence electrons. The highest BCUT2D eigenvalue weighted by Gasteiger charge is 2.16. The number of carbonyl (C=O) groups is 2. The molecule has 0 radical (unpaired) electrons. The summed E-state index contributed by atoms with van der Waals surface area (Å²) in [5.74, 6) is -1.28. The van der Waals surface area contributed by atoms with E-state index in [0.717, 1.165) is 27.7 Å². The van der Waals surface area contributed by atoms with Crippen LogP contribution in [0.15, 0.2) is 77.9 Å². The molecule has 6 heteroatoms. The van der Waals surface area contributed by atoms with Crippen molar-refractivity contribution >= 4 is 28.9 Å². The normalized spacial score (nSPS) is 11.2. The van der Waals surface area contributed by atoms with Crippen LogP contribution in [0.25, 0.3) is 16.5 Å². The van der Waals surface area contributed by atoms with E-state index in [1.165, 1.54) is 0 Å². The maximum absolute atomic E-state index is 12.5. The summed E-state index contributed by atoms with van der Waals surface area (Å²) in [6.07, 6.45) is 1.57. The molecule has 0 aliphatic rings. The van der Waals surface area contributed by atoms with E-state index >= 15 is 0 Å². The maximum Gasteiger partial charge on any atom is 0.337 e. The summed E-state index contributed by atoms with van der Waals surface area (Å²) >= 11 is 0. The van der Waals surface area contributed by atoms with Crippen molar-refractivity contribution in [3.63, 3.8) is 0 Å². The van der Waals surface area contributed by atoms with Crippen molar-refractivity contribution in [2.24, 2.45) is 5.10 Å². The summed E-state index contributed by atoms with van der Waals surface area (Å²) in [5, 5.41) is 15.7. The van der Waals surface area contributed by atoms with Gasteiger partial charge in [-0.25, -0.2) is 10.2 Å². The highest BCUT2D eigenvalue weighted by atomic mass is 16.4. The van der Waals surface area contributed by atoms with Gasteiger partial charge >= 0.3 is 5.97 Å². The number of carbonyl (C=O) groups excluding carboxylic acids is 1. The van der Waals surface area contributed by atoms with Crippen molar-refractivity contribution in [3.8, 4) is 5.69 Å². The van der Waals surface area contributed by atoms with Gasteiger partial charge in [0.1, 0.15) is 0 Å². The van der Waals surface area contributed by atoms with Gasteiger partial charge in [-0.15, -0.1) is 0 Å². The number of nitrogens with one attached hydrogen (secondary N) is 1. The number of hydrazone groups is 1. The first-order valence-electron chi connectivity index (χ1n) is 9.79. The lowest BCUT2D eigenvalue weighted by Crippen LogP contribution is -2.17.